The van der Waals surface area contributed by atoms with Gasteiger partial charge in [-0.25, -0.2) is 9.97 Å². The zero-order valence-electron chi connectivity index (χ0n) is 14.8. The number of carbonyl (C=O) groups is 1. The number of amides is 1. The molecule has 1 saturated carbocycles. The minimum absolute atomic E-state index is 0.00287. The monoisotopic (exact) mass is 368 g/mol. The fourth-order valence-corrected chi connectivity index (χ4v) is 4.46. The largest absolute Gasteiger partial charge is 0.442 e. The van der Waals surface area contributed by atoms with Gasteiger partial charge in [-0.1, -0.05) is 0 Å². The van der Waals surface area contributed by atoms with Crippen molar-refractivity contribution >= 4 is 34.2 Å². The molecule has 0 unspecified atom stereocenters. The van der Waals surface area contributed by atoms with E-state index in [1.54, 1.807) is 11.3 Å². The van der Waals surface area contributed by atoms with Crippen LogP contribution in [-0.2, 0) is 13.0 Å². The molecule has 0 bridgehead atoms. The summed E-state index contributed by atoms with van der Waals surface area (Å²) in [7, 11) is 0. The number of carbonyl (C=O) groups excluding carboxylic acids is 1. The van der Waals surface area contributed by atoms with E-state index in [0.717, 1.165) is 25.8 Å². The van der Waals surface area contributed by atoms with Crippen LogP contribution in [0, 0.1) is 6.92 Å². The molecular formula is C19H20N4O2S. The average molecular weight is 368 g/mol. The van der Waals surface area contributed by atoms with Gasteiger partial charge < -0.3 is 14.6 Å². The second-order valence-corrected chi connectivity index (χ2v) is 8.47. The summed E-state index contributed by atoms with van der Waals surface area (Å²) in [6.45, 7) is 5.38. The number of aromatic nitrogens is 2. The van der Waals surface area contributed by atoms with E-state index in [-0.39, 0.29) is 11.4 Å². The van der Waals surface area contributed by atoms with Gasteiger partial charge in [0, 0.05) is 23.5 Å². The SMILES string of the molecule is Cc1oc2ncnc(NC3(C)CC3)c2c1C(=O)N1CCc2sccc2C1. The van der Waals surface area contributed by atoms with Gasteiger partial charge in [-0.05, 0) is 50.1 Å². The van der Waals surface area contributed by atoms with Crippen LogP contribution in [0.4, 0.5) is 5.82 Å². The molecule has 3 aromatic heterocycles. The van der Waals surface area contributed by atoms with Gasteiger partial charge in [0.2, 0.25) is 5.71 Å². The molecule has 0 spiro atoms. The lowest BCUT2D eigenvalue weighted by Crippen LogP contribution is -2.35. The zero-order chi connectivity index (χ0) is 17.9. The molecule has 1 fully saturated rings. The first kappa shape index (κ1) is 15.8. The van der Waals surface area contributed by atoms with Gasteiger partial charge in [0.05, 0.1) is 10.9 Å². The van der Waals surface area contributed by atoms with Crippen molar-refractivity contribution in [2.45, 2.75) is 45.2 Å². The van der Waals surface area contributed by atoms with Gasteiger partial charge in [-0.2, -0.15) is 0 Å². The topological polar surface area (TPSA) is 71.3 Å². The number of nitrogens with one attached hydrogen (secondary N) is 1. The van der Waals surface area contributed by atoms with E-state index in [1.807, 2.05) is 11.8 Å². The summed E-state index contributed by atoms with van der Waals surface area (Å²) < 4.78 is 5.80. The van der Waals surface area contributed by atoms with Crippen molar-refractivity contribution in [2.24, 2.45) is 0 Å². The van der Waals surface area contributed by atoms with Crippen LogP contribution in [0.3, 0.4) is 0 Å². The van der Waals surface area contributed by atoms with Crippen LogP contribution in [-0.4, -0.2) is 32.9 Å². The number of thiophene rings is 1. The summed E-state index contributed by atoms with van der Waals surface area (Å²) in [5.74, 6) is 1.30. The van der Waals surface area contributed by atoms with Crippen molar-refractivity contribution in [3.05, 3.63) is 39.5 Å². The van der Waals surface area contributed by atoms with Crippen molar-refractivity contribution in [1.82, 2.24) is 14.9 Å². The van der Waals surface area contributed by atoms with Crippen LogP contribution in [0.25, 0.3) is 11.1 Å². The second-order valence-electron chi connectivity index (χ2n) is 7.47. The first-order chi connectivity index (χ1) is 12.5. The smallest absolute Gasteiger partial charge is 0.258 e. The van der Waals surface area contributed by atoms with Crippen LogP contribution < -0.4 is 5.32 Å². The fraction of sp³-hybridized carbons (Fsp3) is 0.421. The molecule has 26 heavy (non-hydrogen) atoms. The summed E-state index contributed by atoms with van der Waals surface area (Å²) in [6.07, 6.45) is 4.61. The lowest BCUT2D eigenvalue weighted by atomic mass is 10.1. The third-order valence-corrected chi connectivity index (χ3v) is 6.42. The molecule has 5 rings (SSSR count). The lowest BCUT2D eigenvalue weighted by Gasteiger charge is -2.27. The minimum Gasteiger partial charge on any atom is -0.442 e. The third-order valence-electron chi connectivity index (χ3n) is 5.39. The molecular weight excluding hydrogens is 348 g/mol. The molecule has 4 heterocycles. The molecule has 3 aromatic rings. The number of aryl methyl sites for hydroxylation is 1. The maximum absolute atomic E-state index is 13.3. The Labute approximate surface area is 155 Å². The minimum atomic E-state index is -0.00287. The van der Waals surface area contributed by atoms with E-state index in [1.165, 1.54) is 16.8 Å². The second kappa shape index (κ2) is 5.54. The highest BCUT2D eigenvalue weighted by Gasteiger charge is 2.39. The Morgan fingerprint density at radius 1 is 1.38 bits per heavy atom. The van der Waals surface area contributed by atoms with Gasteiger partial charge in [-0.3, -0.25) is 4.79 Å². The number of furan rings is 1. The molecule has 0 aromatic carbocycles. The molecule has 7 heteroatoms. The van der Waals surface area contributed by atoms with Crippen molar-refractivity contribution in [3.63, 3.8) is 0 Å². The maximum Gasteiger partial charge on any atom is 0.258 e. The predicted octanol–water partition coefficient (Wildman–Crippen LogP) is 3.76. The van der Waals surface area contributed by atoms with Gasteiger partial charge in [-0.15, -0.1) is 11.3 Å². The van der Waals surface area contributed by atoms with Crippen LogP contribution in [0.5, 0.6) is 0 Å². The van der Waals surface area contributed by atoms with Gasteiger partial charge >= 0.3 is 0 Å². The summed E-state index contributed by atoms with van der Waals surface area (Å²) >= 11 is 1.77. The summed E-state index contributed by atoms with van der Waals surface area (Å²) in [5, 5.41) is 6.29. The van der Waals surface area contributed by atoms with Crippen LogP contribution in [0.2, 0.25) is 0 Å². The number of nitrogens with zero attached hydrogens (tertiary/aromatic N) is 3. The van der Waals surface area contributed by atoms with Crippen molar-refractivity contribution in [1.29, 1.82) is 0 Å². The molecule has 0 saturated heterocycles. The number of rotatable bonds is 3. The van der Waals surface area contributed by atoms with Crippen molar-refractivity contribution in [3.8, 4) is 0 Å². The van der Waals surface area contributed by atoms with E-state index in [2.05, 4.69) is 33.7 Å². The quantitative estimate of drug-likeness (QED) is 0.762. The summed E-state index contributed by atoms with van der Waals surface area (Å²) in [6, 6.07) is 2.11. The Morgan fingerprint density at radius 3 is 3.04 bits per heavy atom. The molecule has 1 N–H and O–H groups in total. The molecule has 0 atom stereocenters. The lowest BCUT2D eigenvalue weighted by molar-refractivity contribution is 0.0736. The number of anilines is 1. The third kappa shape index (κ3) is 2.49. The fourth-order valence-electron chi connectivity index (χ4n) is 3.57. The normalized spacial score (nSPS) is 18.0. The van der Waals surface area contributed by atoms with Crippen molar-refractivity contribution in [2.75, 3.05) is 11.9 Å². The first-order valence-corrected chi connectivity index (χ1v) is 9.79. The Morgan fingerprint density at radius 2 is 2.23 bits per heavy atom. The predicted molar refractivity (Wildman–Crippen MR) is 101 cm³/mol. The average Bonchev–Trinajstić information content (AvgIpc) is 3.05. The maximum atomic E-state index is 13.3. The molecule has 6 nitrogen and oxygen atoms in total. The van der Waals surface area contributed by atoms with Crippen LogP contribution >= 0.6 is 11.3 Å². The van der Waals surface area contributed by atoms with E-state index in [0.29, 0.717) is 34.8 Å². The van der Waals surface area contributed by atoms with Crippen molar-refractivity contribution < 1.29 is 9.21 Å². The zero-order valence-corrected chi connectivity index (χ0v) is 15.7. The van der Waals surface area contributed by atoms with Gasteiger partial charge in [0.25, 0.3) is 5.91 Å². The number of fused-ring (bicyclic) bond motifs is 2. The molecule has 2 aliphatic rings. The Bertz CT molecular complexity index is 1020. The van der Waals surface area contributed by atoms with Gasteiger partial charge in [0.1, 0.15) is 17.9 Å². The van der Waals surface area contributed by atoms with Gasteiger partial charge in [0.15, 0.2) is 0 Å². The molecule has 1 amide bonds. The highest BCUT2D eigenvalue weighted by atomic mass is 32.1. The number of hydrogen-bond donors (Lipinski definition) is 1. The molecule has 1 aliphatic carbocycles. The molecule has 0 radical (unpaired) electrons. The highest BCUT2D eigenvalue weighted by molar-refractivity contribution is 7.10. The molecule has 1 aliphatic heterocycles. The van der Waals surface area contributed by atoms with Crippen LogP contribution in [0.1, 0.15) is 46.3 Å². The highest BCUT2D eigenvalue weighted by Crippen LogP contribution is 2.40. The van der Waals surface area contributed by atoms with E-state index in [4.69, 9.17) is 4.42 Å². The van der Waals surface area contributed by atoms with E-state index < -0.39 is 0 Å². The number of hydrogen-bond acceptors (Lipinski definition) is 6. The van der Waals surface area contributed by atoms with E-state index in [9.17, 15) is 4.79 Å². The Hall–Kier alpha value is -2.41. The first-order valence-electron chi connectivity index (χ1n) is 8.91. The Kier molecular flexibility index (Phi) is 3.37. The summed E-state index contributed by atoms with van der Waals surface area (Å²) in [4.78, 5) is 25.3. The Balaban J connectivity index is 1.56. The van der Waals surface area contributed by atoms with Crippen LogP contribution in [0.15, 0.2) is 22.2 Å². The van der Waals surface area contributed by atoms with E-state index >= 15 is 0 Å². The standard InChI is InChI=1S/C19H20N4O2S/c1-11-14(18(24)23-7-3-13-12(9-23)4-8-26-13)15-16(22-19(2)5-6-19)20-10-21-17(15)25-11/h4,8,10H,3,5-7,9H2,1-2H3,(H,20,21,22). The molecule has 134 valence electrons. The summed E-state index contributed by atoms with van der Waals surface area (Å²) in [5.41, 5.74) is 2.37.